The van der Waals surface area contributed by atoms with Gasteiger partial charge < -0.3 is 10.6 Å². The van der Waals surface area contributed by atoms with E-state index in [9.17, 15) is 9.59 Å². The number of rotatable bonds is 3. The third kappa shape index (κ3) is 2.42. The zero-order chi connectivity index (χ0) is 14.9. The predicted octanol–water partition coefficient (Wildman–Crippen LogP) is 0.422. The van der Waals surface area contributed by atoms with Crippen molar-refractivity contribution in [1.82, 2.24) is 14.3 Å². The molecule has 106 valence electrons. The van der Waals surface area contributed by atoms with Crippen LogP contribution in [0.3, 0.4) is 0 Å². The molecule has 0 bridgehead atoms. The van der Waals surface area contributed by atoms with Crippen molar-refractivity contribution in [2.75, 3.05) is 13.6 Å². The van der Waals surface area contributed by atoms with E-state index in [-0.39, 0.29) is 23.1 Å². The second kappa shape index (κ2) is 5.42. The minimum absolute atomic E-state index is 0.0518. The van der Waals surface area contributed by atoms with Crippen LogP contribution in [0.4, 0.5) is 0 Å². The van der Waals surface area contributed by atoms with Crippen LogP contribution in [0.25, 0.3) is 5.65 Å². The number of hydrogen-bond donors (Lipinski definition) is 1. The molecule has 1 unspecified atom stereocenters. The molecule has 1 amide bonds. The zero-order valence-corrected chi connectivity index (χ0v) is 11.8. The van der Waals surface area contributed by atoms with Gasteiger partial charge in [0.15, 0.2) is 0 Å². The molecule has 0 aromatic carbocycles. The first-order valence-electron chi connectivity index (χ1n) is 6.41. The largest absolute Gasteiger partial charge is 0.338 e. The summed E-state index contributed by atoms with van der Waals surface area (Å²) >= 11 is 0. The number of likely N-dealkylation sites (N-methyl/N-ethyl adjacent to an activating group) is 1. The summed E-state index contributed by atoms with van der Waals surface area (Å²) in [6, 6.07) is 3.48. The maximum atomic E-state index is 12.4. The molecule has 20 heavy (non-hydrogen) atoms. The highest BCUT2D eigenvalue weighted by Crippen LogP contribution is 2.05. The average molecular weight is 274 g/mol. The standard InChI is InChI=1S/C14H18N4O2/c1-9-4-5-12-16-7-11(14(20)18(12)8-9)13(19)17(3)10(2)6-15/h4-5,7-8,10H,6,15H2,1-3H3. The lowest BCUT2D eigenvalue weighted by Crippen LogP contribution is -2.42. The maximum Gasteiger partial charge on any atom is 0.270 e. The van der Waals surface area contributed by atoms with Crippen LogP contribution >= 0.6 is 0 Å². The van der Waals surface area contributed by atoms with E-state index in [0.29, 0.717) is 12.2 Å². The van der Waals surface area contributed by atoms with Crippen molar-refractivity contribution >= 4 is 11.6 Å². The number of carbonyl (C=O) groups excluding carboxylic acids is 1. The Morgan fingerprint density at radius 3 is 2.85 bits per heavy atom. The fourth-order valence-corrected chi connectivity index (χ4v) is 1.88. The van der Waals surface area contributed by atoms with E-state index in [4.69, 9.17) is 5.73 Å². The van der Waals surface area contributed by atoms with Crippen LogP contribution in [0.2, 0.25) is 0 Å². The van der Waals surface area contributed by atoms with E-state index in [2.05, 4.69) is 4.98 Å². The van der Waals surface area contributed by atoms with E-state index in [1.165, 1.54) is 15.5 Å². The molecule has 2 aromatic heterocycles. The van der Waals surface area contributed by atoms with Gasteiger partial charge in [0.25, 0.3) is 11.5 Å². The Morgan fingerprint density at radius 1 is 1.50 bits per heavy atom. The molecule has 2 heterocycles. The van der Waals surface area contributed by atoms with E-state index in [1.54, 1.807) is 19.3 Å². The first-order valence-corrected chi connectivity index (χ1v) is 6.41. The predicted molar refractivity (Wildman–Crippen MR) is 76.8 cm³/mol. The minimum atomic E-state index is -0.364. The van der Waals surface area contributed by atoms with Crippen LogP contribution < -0.4 is 11.3 Å². The summed E-state index contributed by atoms with van der Waals surface area (Å²) in [5, 5.41) is 0. The Bertz CT molecular complexity index is 708. The average Bonchev–Trinajstić information content (AvgIpc) is 2.46. The van der Waals surface area contributed by atoms with Crippen molar-refractivity contribution < 1.29 is 4.79 Å². The monoisotopic (exact) mass is 274 g/mol. The summed E-state index contributed by atoms with van der Waals surface area (Å²) in [5.41, 5.74) is 6.68. The second-order valence-corrected chi connectivity index (χ2v) is 4.91. The summed E-state index contributed by atoms with van der Waals surface area (Å²) in [4.78, 5) is 30.3. The lowest BCUT2D eigenvalue weighted by atomic mass is 10.2. The van der Waals surface area contributed by atoms with E-state index in [0.717, 1.165) is 5.56 Å². The quantitative estimate of drug-likeness (QED) is 0.879. The summed E-state index contributed by atoms with van der Waals surface area (Å²) in [7, 11) is 1.63. The van der Waals surface area contributed by atoms with Crippen molar-refractivity contribution in [1.29, 1.82) is 0 Å². The second-order valence-electron chi connectivity index (χ2n) is 4.91. The van der Waals surface area contributed by atoms with Gasteiger partial charge in [0.05, 0.1) is 0 Å². The number of aryl methyl sites for hydroxylation is 1. The molecule has 2 N–H and O–H groups in total. The van der Waals surface area contributed by atoms with Crippen molar-refractivity contribution in [3.63, 3.8) is 0 Å². The number of aromatic nitrogens is 2. The van der Waals surface area contributed by atoms with Gasteiger partial charge in [0.1, 0.15) is 11.2 Å². The maximum absolute atomic E-state index is 12.4. The molecule has 0 aliphatic heterocycles. The molecule has 0 fully saturated rings. The number of carbonyl (C=O) groups is 1. The van der Waals surface area contributed by atoms with Gasteiger partial charge in [-0.15, -0.1) is 0 Å². The smallest absolute Gasteiger partial charge is 0.270 e. The third-order valence-corrected chi connectivity index (χ3v) is 3.40. The van der Waals surface area contributed by atoms with Crippen LogP contribution in [-0.4, -0.2) is 39.8 Å². The Morgan fingerprint density at radius 2 is 2.20 bits per heavy atom. The van der Waals surface area contributed by atoms with Gasteiger partial charge in [0.2, 0.25) is 0 Å². The van der Waals surface area contributed by atoms with Crippen LogP contribution in [0, 0.1) is 6.92 Å². The molecule has 6 heteroatoms. The number of fused-ring (bicyclic) bond motifs is 1. The lowest BCUT2D eigenvalue weighted by molar-refractivity contribution is 0.0746. The Kier molecular flexibility index (Phi) is 3.85. The molecule has 2 rings (SSSR count). The highest BCUT2D eigenvalue weighted by molar-refractivity contribution is 5.93. The highest BCUT2D eigenvalue weighted by atomic mass is 16.2. The fraction of sp³-hybridized carbons (Fsp3) is 0.357. The summed E-state index contributed by atoms with van der Waals surface area (Å²) < 4.78 is 1.39. The van der Waals surface area contributed by atoms with Crippen molar-refractivity contribution in [2.24, 2.45) is 5.73 Å². The number of nitrogens with two attached hydrogens (primary N) is 1. The van der Waals surface area contributed by atoms with Gasteiger partial charge in [0, 0.05) is 32.0 Å². The molecule has 0 saturated heterocycles. The molecular formula is C14H18N4O2. The minimum Gasteiger partial charge on any atom is -0.338 e. The third-order valence-electron chi connectivity index (χ3n) is 3.40. The van der Waals surface area contributed by atoms with Crippen LogP contribution in [0.1, 0.15) is 22.8 Å². The van der Waals surface area contributed by atoms with Crippen molar-refractivity contribution in [3.8, 4) is 0 Å². The molecule has 0 saturated carbocycles. The SMILES string of the molecule is Cc1ccc2ncc(C(=O)N(C)C(C)CN)c(=O)n2c1. The van der Waals surface area contributed by atoms with Crippen LogP contribution in [0.15, 0.2) is 29.3 Å². The van der Waals surface area contributed by atoms with Gasteiger partial charge in [-0.3, -0.25) is 14.0 Å². The molecule has 0 aliphatic rings. The van der Waals surface area contributed by atoms with Gasteiger partial charge in [-0.1, -0.05) is 6.07 Å². The van der Waals surface area contributed by atoms with Gasteiger partial charge >= 0.3 is 0 Å². The Hall–Kier alpha value is -2.21. The number of pyridine rings is 1. The first kappa shape index (κ1) is 14.2. The lowest BCUT2D eigenvalue weighted by Gasteiger charge is -2.23. The molecule has 0 radical (unpaired) electrons. The molecule has 0 spiro atoms. The number of nitrogens with zero attached hydrogens (tertiary/aromatic N) is 3. The van der Waals surface area contributed by atoms with Crippen molar-refractivity contribution in [2.45, 2.75) is 19.9 Å². The Labute approximate surface area is 116 Å². The van der Waals surface area contributed by atoms with Crippen LogP contribution in [-0.2, 0) is 0 Å². The van der Waals surface area contributed by atoms with Crippen LogP contribution in [0.5, 0.6) is 0 Å². The Balaban J connectivity index is 2.53. The first-order chi connectivity index (χ1) is 9.45. The number of hydrogen-bond acceptors (Lipinski definition) is 4. The number of amides is 1. The van der Waals surface area contributed by atoms with Crippen molar-refractivity contribution in [3.05, 3.63) is 46.0 Å². The van der Waals surface area contributed by atoms with E-state index >= 15 is 0 Å². The highest BCUT2D eigenvalue weighted by Gasteiger charge is 2.20. The molecule has 6 nitrogen and oxygen atoms in total. The van der Waals surface area contributed by atoms with Gasteiger partial charge in [-0.2, -0.15) is 0 Å². The summed E-state index contributed by atoms with van der Waals surface area (Å²) in [6.45, 7) is 4.04. The molecule has 2 aromatic rings. The van der Waals surface area contributed by atoms with E-state index < -0.39 is 0 Å². The van der Waals surface area contributed by atoms with Gasteiger partial charge in [-0.05, 0) is 25.5 Å². The molecular weight excluding hydrogens is 256 g/mol. The zero-order valence-electron chi connectivity index (χ0n) is 11.8. The molecule has 1 atom stereocenters. The molecule has 0 aliphatic carbocycles. The normalized spacial score (nSPS) is 12.4. The topological polar surface area (TPSA) is 80.7 Å². The van der Waals surface area contributed by atoms with E-state index in [1.807, 2.05) is 19.9 Å². The fourth-order valence-electron chi connectivity index (χ4n) is 1.88. The summed E-state index contributed by atoms with van der Waals surface area (Å²) in [5.74, 6) is -0.364. The van der Waals surface area contributed by atoms with Gasteiger partial charge in [-0.25, -0.2) is 4.98 Å². The summed E-state index contributed by atoms with van der Waals surface area (Å²) in [6.07, 6.45) is 3.00.